The Morgan fingerprint density at radius 1 is 1.47 bits per heavy atom. The summed E-state index contributed by atoms with van der Waals surface area (Å²) in [4.78, 5) is 10.7. The van der Waals surface area contributed by atoms with Crippen molar-refractivity contribution in [1.29, 1.82) is 0 Å². The van der Waals surface area contributed by atoms with Gasteiger partial charge >= 0.3 is 0 Å². The van der Waals surface area contributed by atoms with Crippen LogP contribution in [-0.4, -0.2) is 28.8 Å². The van der Waals surface area contributed by atoms with Crippen molar-refractivity contribution in [2.45, 2.75) is 32.5 Å². The topological polar surface area (TPSA) is 69.6 Å². The fourth-order valence-corrected chi connectivity index (χ4v) is 1.82. The highest BCUT2D eigenvalue weighted by molar-refractivity contribution is 6.31. The molecular formula is C13H17ClFNO3. The first-order chi connectivity index (χ1) is 8.82. The lowest BCUT2D eigenvalue weighted by Crippen LogP contribution is -2.28. The van der Waals surface area contributed by atoms with Crippen molar-refractivity contribution < 1.29 is 19.4 Å². The monoisotopic (exact) mass is 289 g/mol. The zero-order valence-electron chi connectivity index (χ0n) is 10.8. The van der Waals surface area contributed by atoms with Gasteiger partial charge in [0.15, 0.2) is 0 Å². The third kappa shape index (κ3) is 4.45. The van der Waals surface area contributed by atoms with Gasteiger partial charge in [-0.2, -0.15) is 0 Å². The van der Waals surface area contributed by atoms with Crippen LogP contribution in [0.5, 0.6) is 0 Å². The first-order valence-corrected chi connectivity index (χ1v) is 6.26. The number of hydrogen-bond donors (Lipinski definition) is 3. The molecule has 0 fully saturated rings. The Bertz CT molecular complexity index is 467. The third-order valence-corrected chi connectivity index (χ3v) is 3.18. The molecule has 3 N–H and O–H groups in total. The lowest BCUT2D eigenvalue weighted by molar-refractivity contribution is -0.119. The van der Waals surface area contributed by atoms with E-state index in [0.29, 0.717) is 10.6 Å². The van der Waals surface area contributed by atoms with E-state index in [4.69, 9.17) is 11.6 Å². The second kappa shape index (κ2) is 6.84. The highest BCUT2D eigenvalue weighted by Crippen LogP contribution is 2.27. The average Bonchev–Trinajstić information content (AvgIpc) is 2.32. The van der Waals surface area contributed by atoms with Gasteiger partial charge in [-0.1, -0.05) is 11.6 Å². The number of aryl methyl sites for hydroxylation is 1. The van der Waals surface area contributed by atoms with E-state index in [1.54, 1.807) is 6.92 Å². The maximum absolute atomic E-state index is 13.7. The van der Waals surface area contributed by atoms with Gasteiger partial charge in [0.25, 0.3) is 0 Å². The van der Waals surface area contributed by atoms with Gasteiger partial charge in [0.1, 0.15) is 11.9 Å². The number of aliphatic hydroxyl groups is 2. The molecule has 1 aromatic carbocycles. The molecule has 6 heteroatoms. The van der Waals surface area contributed by atoms with E-state index < -0.39 is 18.0 Å². The molecule has 2 atom stereocenters. The van der Waals surface area contributed by atoms with Crippen LogP contribution in [0.4, 0.5) is 4.39 Å². The quantitative estimate of drug-likeness (QED) is 0.773. The molecule has 0 spiro atoms. The van der Waals surface area contributed by atoms with E-state index in [1.165, 1.54) is 19.1 Å². The molecule has 0 aliphatic carbocycles. The van der Waals surface area contributed by atoms with Crippen molar-refractivity contribution in [1.82, 2.24) is 5.32 Å². The zero-order chi connectivity index (χ0) is 14.6. The minimum absolute atomic E-state index is 0.0501. The number of hydrogen-bond acceptors (Lipinski definition) is 3. The Morgan fingerprint density at radius 2 is 2.11 bits per heavy atom. The summed E-state index contributed by atoms with van der Waals surface area (Å²) in [7, 11) is 0. The van der Waals surface area contributed by atoms with Gasteiger partial charge in [-0.15, -0.1) is 0 Å². The van der Waals surface area contributed by atoms with Crippen LogP contribution in [0.2, 0.25) is 5.02 Å². The number of nitrogens with one attached hydrogen (secondary N) is 1. The predicted molar refractivity (Wildman–Crippen MR) is 70.4 cm³/mol. The molecule has 106 valence electrons. The summed E-state index contributed by atoms with van der Waals surface area (Å²) in [5.74, 6) is -0.848. The van der Waals surface area contributed by atoms with Crippen molar-refractivity contribution in [3.63, 3.8) is 0 Å². The van der Waals surface area contributed by atoms with Crippen molar-refractivity contribution >= 4 is 17.5 Å². The van der Waals surface area contributed by atoms with Gasteiger partial charge in [-0.05, 0) is 31.0 Å². The number of benzene rings is 1. The molecule has 0 radical (unpaired) electrons. The van der Waals surface area contributed by atoms with Crippen LogP contribution in [0, 0.1) is 12.7 Å². The van der Waals surface area contributed by atoms with Crippen molar-refractivity contribution in [2.75, 3.05) is 6.54 Å². The fraction of sp³-hybridized carbons (Fsp3) is 0.462. The molecule has 4 nitrogen and oxygen atoms in total. The van der Waals surface area contributed by atoms with Crippen LogP contribution in [0.1, 0.15) is 30.6 Å². The largest absolute Gasteiger partial charge is 0.390 e. The van der Waals surface area contributed by atoms with Crippen LogP contribution in [-0.2, 0) is 4.79 Å². The Labute approximate surface area is 116 Å². The highest BCUT2D eigenvalue weighted by atomic mass is 35.5. The molecule has 0 saturated heterocycles. The van der Waals surface area contributed by atoms with Crippen LogP contribution in [0.3, 0.4) is 0 Å². The zero-order valence-corrected chi connectivity index (χ0v) is 11.5. The first kappa shape index (κ1) is 15.9. The lowest BCUT2D eigenvalue weighted by Gasteiger charge is -2.19. The minimum atomic E-state index is -1.38. The molecule has 1 aromatic rings. The molecule has 2 unspecified atom stereocenters. The number of aliphatic hydroxyl groups excluding tert-OH is 2. The summed E-state index contributed by atoms with van der Waals surface area (Å²) in [6.45, 7) is 3.20. The summed E-state index contributed by atoms with van der Waals surface area (Å²) < 4.78 is 13.7. The van der Waals surface area contributed by atoms with Crippen LogP contribution >= 0.6 is 11.6 Å². The van der Waals surface area contributed by atoms with E-state index in [1.807, 2.05) is 0 Å². The number of carbonyl (C=O) groups excluding carboxylic acids is 1. The molecule has 0 aliphatic heterocycles. The van der Waals surface area contributed by atoms with Gasteiger partial charge in [0.05, 0.1) is 6.10 Å². The average molecular weight is 290 g/mol. The molecule has 0 aromatic heterocycles. The molecule has 1 rings (SSSR count). The maximum atomic E-state index is 13.7. The number of rotatable bonds is 5. The molecular weight excluding hydrogens is 273 g/mol. The van der Waals surface area contributed by atoms with E-state index in [0.717, 1.165) is 0 Å². The molecule has 19 heavy (non-hydrogen) atoms. The van der Waals surface area contributed by atoms with Crippen LogP contribution in [0.15, 0.2) is 12.1 Å². The summed E-state index contributed by atoms with van der Waals surface area (Å²) in [5, 5.41) is 22.5. The van der Waals surface area contributed by atoms with Gasteiger partial charge in [-0.3, -0.25) is 4.79 Å². The minimum Gasteiger partial charge on any atom is -0.390 e. The predicted octanol–water partition coefficient (Wildman–Crippen LogP) is 1.71. The summed E-state index contributed by atoms with van der Waals surface area (Å²) in [6.07, 6.45) is -2.45. The fourth-order valence-electron chi connectivity index (χ4n) is 1.65. The summed E-state index contributed by atoms with van der Waals surface area (Å²) in [5.41, 5.74) is 0.508. The Morgan fingerprint density at radius 3 is 2.68 bits per heavy atom. The highest BCUT2D eigenvalue weighted by Gasteiger charge is 2.22. The van der Waals surface area contributed by atoms with Gasteiger partial charge < -0.3 is 15.5 Å². The molecule has 0 saturated carbocycles. The van der Waals surface area contributed by atoms with Crippen LogP contribution < -0.4 is 5.32 Å². The second-order valence-electron chi connectivity index (χ2n) is 4.41. The molecule has 1 amide bonds. The van der Waals surface area contributed by atoms with E-state index in [9.17, 15) is 19.4 Å². The SMILES string of the molecule is CC(=O)NCCC(O)C(O)c1cc(Cl)c(C)cc1F. The summed E-state index contributed by atoms with van der Waals surface area (Å²) >= 11 is 5.86. The molecule has 0 bridgehead atoms. The first-order valence-electron chi connectivity index (χ1n) is 5.89. The van der Waals surface area contributed by atoms with Gasteiger partial charge in [0, 0.05) is 24.1 Å². The molecule has 0 heterocycles. The van der Waals surface area contributed by atoms with Crippen molar-refractivity contribution in [3.8, 4) is 0 Å². The van der Waals surface area contributed by atoms with E-state index >= 15 is 0 Å². The molecule has 0 aliphatic rings. The van der Waals surface area contributed by atoms with Crippen molar-refractivity contribution in [3.05, 3.63) is 34.1 Å². The van der Waals surface area contributed by atoms with E-state index in [2.05, 4.69) is 5.32 Å². The normalized spacial score (nSPS) is 14.0. The Balaban J connectivity index is 2.73. The van der Waals surface area contributed by atoms with E-state index in [-0.39, 0.29) is 24.4 Å². The Hall–Kier alpha value is -1.17. The smallest absolute Gasteiger partial charge is 0.216 e. The standard InChI is InChI=1S/C13H17ClFNO3/c1-7-5-11(15)9(6-10(7)14)13(19)12(18)3-4-16-8(2)17/h5-6,12-13,18-19H,3-4H2,1-2H3,(H,16,17). The number of halogens is 2. The summed E-state index contributed by atoms with van der Waals surface area (Å²) in [6, 6.07) is 2.51. The second-order valence-corrected chi connectivity index (χ2v) is 4.81. The van der Waals surface area contributed by atoms with Gasteiger partial charge in [0.2, 0.25) is 5.91 Å². The van der Waals surface area contributed by atoms with Gasteiger partial charge in [-0.25, -0.2) is 4.39 Å². The maximum Gasteiger partial charge on any atom is 0.216 e. The number of carbonyl (C=O) groups is 1. The third-order valence-electron chi connectivity index (χ3n) is 2.78. The van der Waals surface area contributed by atoms with Crippen molar-refractivity contribution in [2.24, 2.45) is 0 Å². The van der Waals surface area contributed by atoms with Crippen LogP contribution in [0.25, 0.3) is 0 Å². The lowest BCUT2D eigenvalue weighted by atomic mass is 10.0. The number of amides is 1. The Kier molecular flexibility index (Phi) is 5.72.